The van der Waals surface area contributed by atoms with Gasteiger partial charge in [-0.15, -0.1) is 13.2 Å². The topological polar surface area (TPSA) is 44.5 Å². The van der Waals surface area contributed by atoms with Gasteiger partial charge in [0.05, 0.1) is 10.2 Å². The number of aromatic nitrogens is 1. The van der Waals surface area contributed by atoms with E-state index < -0.39 is 6.36 Å². The molecule has 4 rings (SSSR count). The molecule has 0 amide bonds. The second kappa shape index (κ2) is 8.27. The second-order valence-corrected chi connectivity index (χ2v) is 8.07. The number of halogens is 4. The van der Waals surface area contributed by atoms with Crippen LogP contribution in [0, 0.1) is 11.2 Å². The molecule has 0 bridgehead atoms. The van der Waals surface area contributed by atoms with Crippen molar-refractivity contribution in [1.82, 2.24) is 9.47 Å². The number of piperazine rings is 1. The molecule has 1 fully saturated rings. The van der Waals surface area contributed by atoms with E-state index in [2.05, 4.69) is 14.5 Å². The first-order chi connectivity index (χ1) is 14.3. The summed E-state index contributed by atoms with van der Waals surface area (Å²) in [7, 11) is 0. The van der Waals surface area contributed by atoms with Gasteiger partial charge in [-0.2, -0.15) is 0 Å². The molecule has 1 aliphatic rings. The van der Waals surface area contributed by atoms with Crippen molar-refractivity contribution in [2.75, 3.05) is 37.6 Å². The molecule has 5 nitrogen and oxygen atoms in total. The zero-order valence-corrected chi connectivity index (χ0v) is 16.8. The molecule has 30 heavy (non-hydrogen) atoms. The van der Waals surface area contributed by atoms with E-state index in [9.17, 15) is 17.6 Å². The third-order valence-electron chi connectivity index (χ3n) is 5.11. The van der Waals surface area contributed by atoms with Crippen molar-refractivity contribution in [2.45, 2.75) is 12.9 Å². The number of hydrogen-bond acceptors (Lipinski definition) is 5. The van der Waals surface area contributed by atoms with Crippen molar-refractivity contribution in [3.8, 4) is 5.75 Å². The van der Waals surface area contributed by atoms with Crippen LogP contribution in [0.15, 0.2) is 42.5 Å². The van der Waals surface area contributed by atoms with E-state index in [4.69, 9.17) is 5.41 Å². The SMILES string of the molecule is N=c1sc2cc(OC(F)(F)F)ccc2n1CCN1CCN(c2ccc(F)cc2)CC1. The highest BCUT2D eigenvalue weighted by Crippen LogP contribution is 2.28. The summed E-state index contributed by atoms with van der Waals surface area (Å²) in [5, 5.41) is 8.19. The normalized spacial score (nSPS) is 15.7. The minimum Gasteiger partial charge on any atom is -0.406 e. The molecule has 3 aromatic rings. The molecule has 0 atom stereocenters. The molecule has 0 saturated carbocycles. The van der Waals surface area contributed by atoms with Crippen LogP contribution in [0.3, 0.4) is 0 Å². The van der Waals surface area contributed by atoms with Crippen molar-refractivity contribution in [2.24, 2.45) is 0 Å². The lowest BCUT2D eigenvalue weighted by molar-refractivity contribution is -0.274. The van der Waals surface area contributed by atoms with E-state index in [1.54, 1.807) is 18.2 Å². The number of anilines is 1. The summed E-state index contributed by atoms with van der Waals surface area (Å²) < 4.78 is 56.7. The smallest absolute Gasteiger partial charge is 0.406 e. The van der Waals surface area contributed by atoms with Crippen molar-refractivity contribution < 1.29 is 22.3 Å². The number of ether oxygens (including phenoxy) is 1. The van der Waals surface area contributed by atoms with E-state index in [0.29, 0.717) is 16.0 Å². The van der Waals surface area contributed by atoms with Crippen LogP contribution in [0.1, 0.15) is 0 Å². The number of benzene rings is 2. The molecule has 0 radical (unpaired) electrons. The van der Waals surface area contributed by atoms with Gasteiger partial charge < -0.3 is 14.2 Å². The molecule has 1 aliphatic heterocycles. The van der Waals surface area contributed by atoms with Crippen LogP contribution in [-0.2, 0) is 6.54 Å². The van der Waals surface area contributed by atoms with Crippen molar-refractivity contribution in [3.63, 3.8) is 0 Å². The zero-order valence-electron chi connectivity index (χ0n) is 16.0. The number of thiazole rings is 1. The van der Waals surface area contributed by atoms with Gasteiger partial charge in [-0.3, -0.25) is 10.3 Å². The average Bonchev–Trinajstić information content (AvgIpc) is 3.00. The number of alkyl halides is 3. The Balaban J connectivity index is 1.37. The van der Waals surface area contributed by atoms with Gasteiger partial charge in [0.1, 0.15) is 11.6 Å². The van der Waals surface area contributed by atoms with E-state index in [0.717, 1.165) is 55.3 Å². The Kier molecular flexibility index (Phi) is 5.70. The number of rotatable bonds is 5. The van der Waals surface area contributed by atoms with E-state index in [1.807, 2.05) is 4.57 Å². The highest BCUT2D eigenvalue weighted by molar-refractivity contribution is 7.16. The first-order valence-electron chi connectivity index (χ1n) is 9.45. The zero-order chi connectivity index (χ0) is 21.3. The van der Waals surface area contributed by atoms with Gasteiger partial charge in [0.15, 0.2) is 4.80 Å². The third-order valence-corrected chi connectivity index (χ3v) is 6.07. The van der Waals surface area contributed by atoms with Gasteiger partial charge in [-0.25, -0.2) is 4.39 Å². The summed E-state index contributed by atoms with van der Waals surface area (Å²) >= 11 is 1.13. The number of hydrogen-bond donors (Lipinski definition) is 1. The Morgan fingerprint density at radius 2 is 1.67 bits per heavy atom. The summed E-state index contributed by atoms with van der Waals surface area (Å²) in [6.07, 6.45) is -4.74. The standard InChI is InChI=1S/C20H20F4N4OS/c21-14-1-3-15(4-2-14)27-10-7-26(8-11-27)9-12-28-17-6-5-16(29-20(22,23)24)13-18(17)30-19(28)25/h1-6,13,25H,7-12H2. The van der Waals surface area contributed by atoms with Gasteiger partial charge in [-0.1, -0.05) is 11.3 Å². The fraction of sp³-hybridized carbons (Fsp3) is 0.350. The van der Waals surface area contributed by atoms with Crippen molar-refractivity contribution in [1.29, 1.82) is 5.41 Å². The van der Waals surface area contributed by atoms with Gasteiger partial charge >= 0.3 is 6.36 Å². The van der Waals surface area contributed by atoms with Crippen molar-refractivity contribution in [3.05, 3.63) is 53.1 Å². The van der Waals surface area contributed by atoms with Crippen LogP contribution in [0.2, 0.25) is 0 Å². The van der Waals surface area contributed by atoms with Crippen LogP contribution in [0.5, 0.6) is 5.75 Å². The Bertz CT molecular complexity index is 1070. The maximum Gasteiger partial charge on any atom is 0.573 e. The fourth-order valence-electron chi connectivity index (χ4n) is 3.61. The molecule has 0 spiro atoms. The van der Waals surface area contributed by atoms with Gasteiger partial charge in [0, 0.05) is 45.0 Å². The van der Waals surface area contributed by atoms with Gasteiger partial charge in [0.25, 0.3) is 0 Å². The lowest BCUT2D eigenvalue weighted by Crippen LogP contribution is -2.47. The molecule has 2 heterocycles. The third kappa shape index (κ3) is 4.76. The Morgan fingerprint density at radius 1 is 0.967 bits per heavy atom. The van der Waals surface area contributed by atoms with E-state index in [1.165, 1.54) is 24.3 Å². The predicted octanol–water partition coefficient (Wildman–Crippen LogP) is 4.04. The highest BCUT2D eigenvalue weighted by Gasteiger charge is 2.31. The first-order valence-corrected chi connectivity index (χ1v) is 10.3. The monoisotopic (exact) mass is 440 g/mol. The first kappa shape index (κ1) is 20.7. The fourth-order valence-corrected chi connectivity index (χ4v) is 4.58. The molecule has 1 saturated heterocycles. The molecule has 160 valence electrons. The van der Waals surface area contributed by atoms with Crippen LogP contribution < -0.4 is 14.4 Å². The molecule has 10 heteroatoms. The van der Waals surface area contributed by atoms with E-state index in [-0.39, 0.29) is 11.6 Å². The van der Waals surface area contributed by atoms with Crippen LogP contribution in [0.4, 0.5) is 23.2 Å². The molecule has 0 unspecified atom stereocenters. The molecular weight excluding hydrogens is 420 g/mol. The maximum atomic E-state index is 13.1. The van der Waals surface area contributed by atoms with Gasteiger partial charge in [0.2, 0.25) is 0 Å². The predicted molar refractivity (Wildman–Crippen MR) is 107 cm³/mol. The van der Waals surface area contributed by atoms with Crippen LogP contribution >= 0.6 is 11.3 Å². The minimum absolute atomic E-state index is 0.249. The Hall–Kier alpha value is -2.59. The number of fused-ring (bicyclic) bond motifs is 1. The Labute approximate surface area is 174 Å². The average molecular weight is 440 g/mol. The minimum atomic E-state index is -4.74. The number of nitrogens with zero attached hydrogens (tertiary/aromatic N) is 3. The number of nitrogens with one attached hydrogen (secondary N) is 1. The molecule has 2 aromatic carbocycles. The molecule has 1 aromatic heterocycles. The summed E-state index contributed by atoms with van der Waals surface area (Å²) in [5.74, 6) is -0.527. The van der Waals surface area contributed by atoms with Crippen molar-refractivity contribution >= 4 is 27.2 Å². The molecule has 0 aliphatic carbocycles. The lowest BCUT2D eigenvalue weighted by atomic mass is 10.2. The summed E-state index contributed by atoms with van der Waals surface area (Å²) in [6, 6.07) is 10.6. The summed E-state index contributed by atoms with van der Waals surface area (Å²) in [4.78, 5) is 4.79. The molecule has 1 N–H and O–H groups in total. The van der Waals surface area contributed by atoms with Crippen LogP contribution in [-0.4, -0.2) is 48.6 Å². The van der Waals surface area contributed by atoms with Gasteiger partial charge in [-0.05, 0) is 42.5 Å². The molecular formula is C20H20F4N4OS. The maximum absolute atomic E-state index is 13.1. The lowest BCUT2D eigenvalue weighted by Gasteiger charge is -2.36. The second-order valence-electron chi connectivity index (χ2n) is 7.04. The van der Waals surface area contributed by atoms with Crippen LogP contribution in [0.25, 0.3) is 10.2 Å². The summed E-state index contributed by atoms with van der Waals surface area (Å²) in [6.45, 7) is 4.65. The Morgan fingerprint density at radius 3 is 2.33 bits per heavy atom. The quantitative estimate of drug-likeness (QED) is 0.609. The highest BCUT2D eigenvalue weighted by atomic mass is 32.1. The summed E-state index contributed by atoms with van der Waals surface area (Å²) in [5.41, 5.74) is 1.73. The largest absolute Gasteiger partial charge is 0.573 e. The van der Waals surface area contributed by atoms with E-state index >= 15 is 0 Å².